The van der Waals surface area contributed by atoms with Gasteiger partial charge in [0.1, 0.15) is 0 Å². The van der Waals surface area contributed by atoms with E-state index >= 15 is 0 Å². The highest BCUT2D eigenvalue weighted by Crippen LogP contribution is 2.43. The summed E-state index contributed by atoms with van der Waals surface area (Å²) < 4.78 is 17.7. The molecule has 3 aliphatic rings. The lowest BCUT2D eigenvalue weighted by atomic mass is 9.71. The van der Waals surface area contributed by atoms with E-state index in [0.717, 1.165) is 45.3 Å². The molecule has 4 nitrogen and oxygen atoms in total. The molecule has 1 aliphatic carbocycles. The molecule has 3 atom stereocenters. The summed E-state index contributed by atoms with van der Waals surface area (Å²) in [5.74, 6) is 0.282. The molecule has 3 rings (SSSR count). The van der Waals surface area contributed by atoms with Crippen LogP contribution in [0.2, 0.25) is 0 Å². The van der Waals surface area contributed by atoms with Gasteiger partial charge >= 0.3 is 0 Å². The Morgan fingerprint density at radius 3 is 2.67 bits per heavy atom. The first-order valence-corrected chi connectivity index (χ1v) is 8.73. The molecule has 4 heteroatoms. The SMILES string of the molecule is CCOC1(C(O)C2CCOC3(CCOC3)C2)CCCCC1. The predicted octanol–water partition coefficient (Wildman–Crippen LogP) is 2.67. The van der Waals surface area contributed by atoms with Gasteiger partial charge in [0.2, 0.25) is 0 Å². The minimum absolute atomic E-state index is 0.133. The lowest BCUT2D eigenvalue weighted by molar-refractivity contribution is -0.185. The van der Waals surface area contributed by atoms with Crippen molar-refractivity contribution in [1.29, 1.82) is 0 Å². The predicted molar refractivity (Wildman–Crippen MR) is 80.3 cm³/mol. The van der Waals surface area contributed by atoms with Gasteiger partial charge in [0.25, 0.3) is 0 Å². The molecule has 122 valence electrons. The standard InChI is InChI=1S/C17H30O4/c1-2-20-17(7-4-3-5-8-17)15(18)14-6-10-21-16(12-14)9-11-19-13-16/h14-15,18H,2-13H2,1H3. The molecule has 0 amide bonds. The maximum absolute atomic E-state index is 11.1. The summed E-state index contributed by atoms with van der Waals surface area (Å²) in [5, 5.41) is 11.1. The molecule has 0 aromatic carbocycles. The van der Waals surface area contributed by atoms with Crippen molar-refractivity contribution in [2.24, 2.45) is 5.92 Å². The average molecular weight is 298 g/mol. The van der Waals surface area contributed by atoms with Crippen molar-refractivity contribution in [3.05, 3.63) is 0 Å². The van der Waals surface area contributed by atoms with Crippen LogP contribution in [-0.2, 0) is 14.2 Å². The van der Waals surface area contributed by atoms with Crippen LogP contribution in [0.25, 0.3) is 0 Å². The van der Waals surface area contributed by atoms with Gasteiger partial charge in [-0.3, -0.25) is 0 Å². The van der Waals surface area contributed by atoms with E-state index in [0.29, 0.717) is 13.2 Å². The monoisotopic (exact) mass is 298 g/mol. The van der Waals surface area contributed by atoms with Crippen molar-refractivity contribution >= 4 is 0 Å². The third-order valence-electron chi connectivity index (χ3n) is 5.72. The minimum atomic E-state index is -0.362. The summed E-state index contributed by atoms with van der Waals surface area (Å²) in [6.07, 6.45) is 8.10. The number of ether oxygens (including phenoxy) is 3. The first kappa shape index (κ1) is 15.7. The zero-order valence-corrected chi connectivity index (χ0v) is 13.3. The van der Waals surface area contributed by atoms with Gasteiger partial charge < -0.3 is 19.3 Å². The third kappa shape index (κ3) is 3.14. The molecule has 21 heavy (non-hydrogen) atoms. The quantitative estimate of drug-likeness (QED) is 0.867. The van der Waals surface area contributed by atoms with E-state index in [1.807, 2.05) is 6.92 Å². The summed E-state index contributed by atoms with van der Waals surface area (Å²) in [5.41, 5.74) is -0.443. The average Bonchev–Trinajstić information content (AvgIpc) is 2.95. The third-order valence-corrected chi connectivity index (χ3v) is 5.72. The van der Waals surface area contributed by atoms with E-state index in [1.165, 1.54) is 19.3 Å². The maximum Gasteiger partial charge on any atom is 0.0942 e. The highest BCUT2D eigenvalue weighted by molar-refractivity contribution is 4.99. The molecular weight excluding hydrogens is 268 g/mol. The van der Waals surface area contributed by atoms with Crippen LogP contribution in [0.5, 0.6) is 0 Å². The molecule has 2 aliphatic heterocycles. The van der Waals surface area contributed by atoms with Crippen LogP contribution in [0.3, 0.4) is 0 Å². The van der Waals surface area contributed by atoms with Crippen molar-refractivity contribution in [3.63, 3.8) is 0 Å². The van der Waals surface area contributed by atoms with Gasteiger partial charge in [-0.15, -0.1) is 0 Å². The molecule has 1 spiro atoms. The van der Waals surface area contributed by atoms with E-state index in [2.05, 4.69) is 0 Å². The fourth-order valence-corrected chi connectivity index (χ4v) is 4.59. The molecule has 1 saturated carbocycles. The first-order valence-electron chi connectivity index (χ1n) is 8.73. The molecule has 0 bridgehead atoms. The summed E-state index contributed by atoms with van der Waals surface area (Å²) in [6, 6.07) is 0. The van der Waals surface area contributed by atoms with E-state index in [4.69, 9.17) is 14.2 Å². The van der Waals surface area contributed by atoms with Crippen molar-refractivity contribution in [3.8, 4) is 0 Å². The van der Waals surface area contributed by atoms with Crippen LogP contribution in [0.4, 0.5) is 0 Å². The second-order valence-electron chi connectivity index (χ2n) is 7.09. The molecule has 1 N–H and O–H groups in total. The maximum atomic E-state index is 11.1. The number of rotatable bonds is 4. The largest absolute Gasteiger partial charge is 0.390 e. The molecule has 2 heterocycles. The van der Waals surface area contributed by atoms with Gasteiger partial charge in [0.05, 0.1) is 23.9 Å². The van der Waals surface area contributed by atoms with Gasteiger partial charge in [-0.2, -0.15) is 0 Å². The molecule has 3 fully saturated rings. The highest BCUT2D eigenvalue weighted by atomic mass is 16.6. The Bertz CT molecular complexity index is 326. The number of hydrogen-bond donors (Lipinski definition) is 1. The molecule has 2 saturated heterocycles. The van der Waals surface area contributed by atoms with Crippen LogP contribution in [0, 0.1) is 5.92 Å². The summed E-state index contributed by atoms with van der Waals surface area (Å²) in [7, 11) is 0. The van der Waals surface area contributed by atoms with E-state index in [9.17, 15) is 5.11 Å². The van der Waals surface area contributed by atoms with Crippen molar-refractivity contribution in [1.82, 2.24) is 0 Å². The van der Waals surface area contributed by atoms with Gasteiger partial charge in [-0.25, -0.2) is 0 Å². The van der Waals surface area contributed by atoms with E-state index < -0.39 is 0 Å². The smallest absolute Gasteiger partial charge is 0.0942 e. The fraction of sp³-hybridized carbons (Fsp3) is 1.00. The Morgan fingerprint density at radius 2 is 2.00 bits per heavy atom. The van der Waals surface area contributed by atoms with Gasteiger partial charge in [-0.1, -0.05) is 19.3 Å². The molecular formula is C17H30O4. The Hall–Kier alpha value is -0.160. The second-order valence-corrected chi connectivity index (χ2v) is 7.09. The van der Waals surface area contributed by atoms with Gasteiger partial charge in [0.15, 0.2) is 0 Å². The summed E-state index contributed by atoms with van der Waals surface area (Å²) >= 11 is 0. The lowest BCUT2D eigenvalue weighted by Gasteiger charge is -2.47. The summed E-state index contributed by atoms with van der Waals surface area (Å²) in [6.45, 7) is 4.96. The van der Waals surface area contributed by atoms with Crippen LogP contribution in [0.1, 0.15) is 58.3 Å². The molecule has 0 radical (unpaired) electrons. The molecule has 0 aromatic heterocycles. The topological polar surface area (TPSA) is 47.9 Å². The number of aliphatic hydroxyl groups excluding tert-OH is 1. The Kier molecular flexibility index (Phi) is 4.89. The fourth-order valence-electron chi connectivity index (χ4n) is 4.59. The zero-order chi connectivity index (χ0) is 14.8. The van der Waals surface area contributed by atoms with Crippen LogP contribution < -0.4 is 0 Å². The lowest BCUT2D eigenvalue weighted by Crippen LogP contribution is -2.54. The zero-order valence-electron chi connectivity index (χ0n) is 13.3. The second kappa shape index (κ2) is 6.53. The number of hydrogen-bond acceptors (Lipinski definition) is 4. The van der Waals surface area contributed by atoms with Crippen molar-refractivity contribution < 1.29 is 19.3 Å². The first-order chi connectivity index (χ1) is 10.2. The minimum Gasteiger partial charge on any atom is -0.390 e. The van der Waals surface area contributed by atoms with Crippen LogP contribution in [0.15, 0.2) is 0 Å². The van der Waals surface area contributed by atoms with Crippen LogP contribution in [-0.4, -0.2) is 48.8 Å². The summed E-state index contributed by atoms with van der Waals surface area (Å²) in [4.78, 5) is 0. The van der Waals surface area contributed by atoms with E-state index in [-0.39, 0.29) is 23.2 Å². The van der Waals surface area contributed by atoms with Crippen molar-refractivity contribution in [2.75, 3.05) is 26.4 Å². The molecule has 3 unspecified atom stereocenters. The van der Waals surface area contributed by atoms with Crippen LogP contribution >= 0.6 is 0 Å². The van der Waals surface area contributed by atoms with Gasteiger partial charge in [-0.05, 0) is 38.5 Å². The Balaban J connectivity index is 1.71. The van der Waals surface area contributed by atoms with Crippen molar-refractivity contribution in [2.45, 2.75) is 75.6 Å². The Morgan fingerprint density at radius 1 is 1.19 bits per heavy atom. The number of aliphatic hydroxyl groups is 1. The normalized spacial score (nSPS) is 37.7. The van der Waals surface area contributed by atoms with E-state index in [1.54, 1.807) is 0 Å². The van der Waals surface area contributed by atoms with Gasteiger partial charge in [0, 0.05) is 26.2 Å². The molecule has 0 aromatic rings. The Labute approximate surface area is 128 Å². The highest BCUT2D eigenvalue weighted by Gasteiger charge is 2.49.